The second-order valence-corrected chi connectivity index (χ2v) is 9.27. The first-order valence-electron chi connectivity index (χ1n) is 9.29. The Balaban J connectivity index is 2.07. The Labute approximate surface area is 165 Å². The van der Waals surface area contributed by atoms with Gasteiger partial charge in [0, 0.05) is 35.9 Å². The number of hydrogen-bond acceptors (Lipinski definition) is 5. The van der Waals surface area contributed by atoms with Gasteiger partial charge in [0.15, 0.2) is 0 Å². The number of nitrogens with zero attached hydrogens (tertiary/aromatic N) is 2. The van der Waals surface area contributed by atoms with E-state index < -0.39 is 0 Å². The Hall–Kier alpha value is -1.95. The minimum atomic E-state index is -0.230. The van der Waals surface area contributed by atoms with Gasteiger partial charge in [0.2, 0.25) is 0 Å². The van der Waals surface area contributed by atoms with E-state index in [0.717, 1.165) is 29.4 Å². The molecule has 2 heterocycles. The van der Waals surface area contributed by atoms with Crippen molar-refractivity contribution in [1.29, 1.82) is 0 Å². The van der Waals surface area contributed by atoms with E-state index in [4.69, 9.17) is 4.74 Å². The zero-order chi connectivity index (χ0) is 20.1. The highest BCUT2D eigenvalue weighted by Gasteiger charge is 2.38. The van der Waals surface area contributed by atoms with Crippen LogP contribution in [0.2, 0.25) is 0 Å². The summed E-state index contributed by atoms with van der Waals surface area (Å²) in [4.78, 5) is 28.8. The molecule has 1 saturated heterocycles. The summed E-state index contributed by atoms with van der Waals surface area (Å²) >= 11 is 0.995. The SMILES string of the molecule is COc1cc2c(cc1/C=C1/SC(=O)N(C(C)C)C1=O)C(C)CC(C)(C)N2C. The molecule has 5 nitrogen and oxygen atoms in total. The van der Waals surface area contributed by atoms with Crippen molar-refractivity contribution in [2.24, 2.45) is 0 Å². The molecule has 0 aliphatic carbocycles. The average Bonchev–Trinajstić information content (AvgIpc) is 2.86. The Bertz CT molecular complexity index is 829. The summed E-state index contributed by atoms with van der Waals surface area (Å²) in [7, 11) is 3.74. The van der Waals surface area contributed by atoms with E-state index in [1.165, 1.54) is 10.5 Å². The molecule has 27 heavy (non-hydrogen) atoms. The van der Waals surface area contributed by atoms with Gasteiger partial charge in [-0.15, -0.1) is 0 Å². The third-order valence-corrected chi connectivity index (χ3v) is 6.50. The molecule has 2 aliphatic rings. The first kappa shape index (κ1) is 19.8. The number of methoxy groups -OCH3 is 1. The highest BCUT2D eigenvalue weighted by molar-refractivity contribution is 8.18. The number of carbonyl (C=O) groups is 2. The molecule has 1 aromatic carbocycles. The Morgan fingerprint density at radius 2 is 1.96 bits per heavy atom. The zero-order valence-electron chi connectivity index (χ0n) is 17.1. The first-order valence-corrected chi connectivity index (χ1v) is 10.1. The third-order valence-electron chi connectivity index (χ3n) is 5.61. The van der Waals surface area contributed by atoms with Crippen LogP contribution in [-0.2, 0) is 4.79 Å². The number of amides is 2. The molecular weight excluding hydrogens is 360 g/mol. The number of rotatable bonds is 3. The lowest BCUT2D eigenvalue weighted by molar-refractivity contribution is -0.123. The fourth-order valence-corrected chi connectivity index (χ4v) is 4.92. The van der Waals surface area contributed by atoms with Crippen LogP contribution in [0.4, 0.5) is 10.5 Å². The standard InChI is InChI=1S/C21H28N2O3S/c1-12(2)23-19(24)18(27-20(23)25)9-14-8-15-13(3)11-21(4,5)22(6)16(15)10-17(14)26-7/h8-10,12-13H,11H2,1-7H3/b18-9+. The number of carbonyl (C=O) groups excluding carboxylic acids is 2. The fourth-order valence-electron chi connectivity index (χ4n) is 3.97. The minimum Gasteiger partial charge on any atom is -0.496 e. The van der Waals surface area contributed by atoms with Crippen molar-refractivity contribution in [2.45, 2.75) is 58.5 Å². The van der Waals surface area contributed by atoms with Crippen molar-refractivity contribution >= 4 is 34.7 Å². The number of imide groups is 1. The molecule has 146 valence electrons. The molecule has 0 N–H and O–H groups in total. The normalized spacial score (nSPS) is 23.4. The summed E-state index contributed by atoms with van der Waals surface area (Å²) in [5.41, 5.74) is 3.30. The summed E-state index contributed by atoms with van der Waals surface area (Å²) in [6.45, 7) is 10.4. The maximum atomic E-state index is 12.6. The van der Waals surface area contributed by atoms with Crippen LogP contribution < -0.4 is 9.64 Å². The second kappa shape index (κ2) is 6.89. The van der Waals surface area contributed by atoms with Gasteiger partial charge in [-0.05, 0) is 69.5 Å². The van der Waals surface area contributed by atoms with Crippen molar-refractivity contribution in [3.63, 3.8) is 0 Å². The van der Waals surface area contributed by atoms with Gasteiger partial charge >= 0.3 is 0 Å². The van der Waals surface area contributed by atoms with Crippen LogP contribution in [0.15, 0.2) is 17.0 Å². The number of fused-ring (bicyclic) bond motifs is 1. The topological polar surface area (TPSA) is 49.9 Å². The molecule has 2 amide bonds. The summed E-state index contributed by atoms with van der Waals surface area (Å²) in [6.07, 6.45) is 2.84. The second-order valence-electron chi connectivity index (χ2n) is 8.28. The first-order chi connectivity index (χ1) is 12.6. The van der Waals surface area contributed by atoms with Crippen molar-refractivity contribution in [3.8, 4) is 5.75 Å². The van der Waals surface area contributed by atoms with Crippen molar-refractivity contribution in [1.82, 2.24) is 4.90 Å². The molecule has 1 unspecified atom stereocenters. The number of thioether (sulfide) groups is 1. The third kappa shape index (κ3) is 3.35. The molecule has 0 aromatic heterocycles. The van der Waals surface area contributed by atoms with E-state index in [1.807, 2.05) is 19.9 Å². The van der Waals surface area contributed by atoms with Gasteiger partial charge < -0.3 is 9.64 Å². The number of anilines is 1. The maximum Gasteiger partial charge on any atom is 0.293 e. The summed E-state index contributed by atoms with van der Waals surface area (Å²) < 4.78 is 5.62. The smallest absolute Gasteiger partial charge is 0.293 e. The van der Waals surface area contributed by atoms with Crippen LogP contribution in [0, 0.1) is 0 Å². The highest BCUT2D eigenvalue weighted by Crippen LogP contribution is 2.46. The van der Waals surface area contributed by atoms with E-state index in [-0.39, 0.29) is 22.7 Å². The lowest BCUT2D eigenvalue weighted by atomic mass is 9.80. The van der Waals surface area contributed by atoms with E-state index >= 15 is 0 Å². The molecule has 3 rings (SSSR count). The highest BCUT2D eigenvalue weighted by atomic mass is 32.2. The van der Waals surface area contributed by atoms with Gasteiger partial charge in [0.1, 0.15) is 5.75 Å². The van der Waals surface area contributed by atoms with Gasteiger partial charge in [-0.25, -0.2) is 0 Å². The van der Waals surface area contributed by atoms with Crippen LogP contribution in [0.3, 0.4) is 0 Å². The molecule has 0 saturated carbocycles. The zero-order valence-corrected chi connectivity index (χ0v) is 17.9. The van der Waals surface area contributed by atoms with Gasteiger partial charge in [-0.1, -0.05) is 6.92 Å². The number of hydrogen-bond donors (Lipinski definition) is 0. The molecule has 1 fully saturated rings. The maximum absolute atomic E-state index is 12.6. The Morgan fingerprint density at radius 3 is 2.52 bits per heavy atom. The van der Waals surface area contributed by atoms with Crippen molar-refractivity contribution < 1.29 is 14.3 Å². The fraction of sp³-hybridized carbons (Fsp3) is 0.524. The minimum absolute atomic E-state index is 0.0683. The van der Waals surface area contributed by atoms with Crippen LogP contribution in [0.1, 0.15) is 58.1 Å². The molecule has 2 aliphatic heterocycles. The molecule has 1 atom stereocenters. The Kier molecular flexibility index (Phi) is 5.06. The quantitative estimate of drug-likeness (QED) is 0.692. The summed E-state index contributed by atoms with van der Waals surface area (Å²) in [5, 5.41) is -0.215. The molecule has 0 spiro atoms. The van der Waals surface area contributed by atoms with Crippen molar-refractivity contribution in [2.75, 3.05) is 19.1 Å². The van der Waals surface area contributed by atoms with Crippen molar-refractivity contribution in [3.05, 3.63) is 28.2 Å². The van der Waals surface area contributed by atoms with Crippen LogP contribution in [-0.4, -0.2) is 41.8 Å². The van der Waals surface area contributed by atoms with Crippen LogP contribution in [0.5, 0.6) is 5.75 Å². The predicted molar refractivity (Wildman–Crippen MR) is 111 cm³/mol. The van der Waals surface area contributed by atoms with Gasteiger partial charge in [0.05, 0.1) is 12.0 Å². The van der Waals surface area contributed by atoms with E-state index in [1.54, 1.807) is 13.2 Å². The number of benzene rings is 1. The van der Waals surface area contributed by atoms with E-state index in [9.17, 15) is 9.59 Å². The summed E-state index contributed by atoms with van der Waals surface area (Å²) in [5.74, 6) is 0.878. The van der Waals surface area contributed by atoms with Crippen LogP contribution in [0.25, 0.3) is 6.08 Å². The lowest BCUT2D eigenvalue weighted by Gasteiger charge is -2.45. The largest absolute Gasteiger partial charge is 0.496 e. The molecule has 6 heteroatoms. The monoisotopic (exact) mass is 388 g/mol. The summed E-state index contributed by atoms with van der Waals surface area (Å²) in [6, 6.07) is 4.00. The van der Waals surface area contributed by atoms with E-state index in [0.29, 0.717) is 16.6 Å². The van der Waals surface area contributed by atoms with Gasteiger partial charge in [-0.2, -0.15) is 0 Å². The molecule has 0 bridgehead atoms. The van der Waals surface area contributed by atoms with E-state index in [2.05, 4.69) is 38.8 Å². The van der Waals surface area contributed by atoms with Gasteiger partial charge in [-0.3, -0.25) is 14.5 Å². The Morgan fingerprint density at radius 1 is 1.30 bits per heavy atom. The molecule has 0 radical (unpaired) electrons. The average molecular weight is 389 g/mol. The number of ether oxygens (including phenoxy) is 1. The lowest BCUT2D eigenvalue weighted by Crippen LogP contribution is -2.45. The van der Waals surface area contributed by atoms with Crippen LogP contribution >= 0.6 is 11.8 Å². The predicted octanol–water partition coefficient (Wildman–Crippen LogP) is 4.86. The molecular formula is C21H28N2O3S. The molecule has 1 aromatic rings. The van der Waals surface area contributed by atoms with Gasteiger partial charge in [0.25, 0.3) is 11.1 Å².